The van der Waals surface area contributed by atoms with Gasteiger partial charge in [0.1, 0.15) is 11.3 Å². The summed E-state index contributed by atoms with van der Waals surface area (Å²) >= 11 is 6.23. The Balaban J connectivity index is 1.80. The molecule has 2 N–H and O–H groups in total. The number of fused-ring (bicyclic) bond motifs is 2. The van der Waals surface area contributed by atoms with Crippen LogP contribution < -0.4 is 15.5 Å². The molecule has 0 radical (unpaired) electrons. The maximum atomic E-state index is 12.9. The fraction of sp³-hybridized carbons (Fsp3) is 0.0952. The Morgan fingerprint density at radius 1 is 1.18 bits per heavy atom. The number of benzene rings is 2. The molecular weight excluding hydrogens is 378 g/mol. The molecule has 1 amide bonds. The maximum absolute atomic E-state index is 12.9. The van der Waals surface area contributed by atoms with E-state index < -0.39 is 5.91 Å². The zero-order valence-electron chi connectivity index (χ0n) is 15.2. The van der Waals surface area contributed by atoms with Crippen LogP contribution in [0.1, 0.15) is 16.1 Å². The second kappa shape index (κ2) is 6.98. The number of aryl methyl sites for hydroxylation is 1. The largest absolute Gasteiger partial charge is 0.495 e. The predicted octanol–water partition coefficient (Wildman–Crippen LogP) is 4.30. The molecule has 28 heavy (non-hydrogen) atoms. The van der Waals surface area contributed by atoms with Crippen LogP contribution in [-0.2, 0) is 0 Å². The van der Waals surface area contributed by atoms with Gasteiger partial charge in [-0.2, -0.15) is 0 Å². The predicted molar refractivity (Wildman–Crippen MR) is 111 cm³/mol. The van der Waals surface area contributed by atoms with Crippen molar-refractivity contribution < 1.29 is 9.53 Å². The Morgan fingerprint density at radius 2 is 1.93 bits per heavy atom. The second-order valence-electron chi connectivity index (χ2n) is 6.32. The number of pyridine rings is 2. The molecule has 140 valence electrons. The van der Waals surface area contributed by atoms with E-state index in [0.717, 1.165) is 0 Å². The highest BCUT2D eigenvalue weighted by Crippen LogP contribution is 2.28. The van der Waals surface area contributed by atoms with Crippen molar-refractivity contribution in [3.05, 3.63) is 75.2 Å². The smallest absolute Gasteiger partial charge is 0.261 e. The van der Waals surface area contributed by atoms with Crippen molar-refractivity contribution in [3.8, 4) is 5.75 Å². The number of anilines is 1. The van der Waals surface area contributed by atoms with Crippen molar-refractivity contribution >= 4 is 45.0 Å². The number of carbonyl (C=O) groups is 1. The third-order valence-electron chi connectivity index (χ3n) is 4.51. The third-order valence-corrected chi connectivity index (χ3v) is 4.81. The monoisotopic (exact) mass is 393 g/mol. The summed E-state index contributed by atoms with van der Waals surface area (Å²) in [5.74, 6) is 0.0183. The Hall–Kier alpha value is -3.38. The van der Waals surface area contributed by atoms with Gasteiger partial charge in [-0.1, -0.05) is 29.8 Å². The Labute approximate surface area is 165 Å². The topological polar surface area (TPSA) is 84.1 Å². The lowest BCUT2D eigenvalue weighted by molar-refractivity contribution is 0.102. The van der Waals surface area contributed by atoms with Gasteiger partial charge in [-0.25, -0.2) is 0 Å². The summed E-state index contributed by atoms with van der Waals surface area (Å²) in [7, 11) is 1.52. The molecular formula is C21H16ClN3O3. The van der Waals surface area contributed by atoms with Gasteiger partial charge in [0.05, 0.1) is 34.2 Å². The summed E-state index contributed by atoms with van der Waals surface area (Å²) in [5, 5.41) is 4.39. The molecule has 0 unspecified atom stereocenters. The molecule has 4 rings (SSSR count). The van der Waals surface area contributed by atoms with Gasteiger partial charge in [0.25, 0.3) is 5.91 Å². The van der Waals surface area contributed by atoms with Gasteiger partial charge >= 0.3 is 0 Å². The molecule has 0 spiro atoms. The third kappa shape index (κ3) is 2.97. The van der Waals surface area contributed by atoms with Crippen LogP contribution in [0.2, 0.25) is 5.02 Å². The molecule has 0 fully saturated rings. The van der Waals surface area contributed by atoms with Crippen molar-refractivity contribution in [2.75, 3.05) is 12.4 Å². The van der Waals surface area contributed by atoms with Gasteiger partial charge in [-0.15, -0.1) is 0 Å². The summed E-state index contributed by atoms with van der Waals surface area (Å²) in [4.78, 5) is 33.1. The van der Waals surface area contributed by atoms with E-state index in [1.165, 1.54) is 13.3 Å². The van der Waals surface area contributed by atoms with Crippen LogP contribution in [0.5, 0.6) is 5.75 Å². The lowest BCUT2D eigenvalue weighted by Crippen LogP contribution is -2.22. The fourth-order valence-electron chi connectivity index (χ4n) is 3.20. The van der Waals surface area contributed by atoms with E-state index in [-0.39, 0.29) is 11.0 Å². The number of rotatable bonds is 3. The molecule has 0 bridgehead atoms. The lowest BCUT2D eigenvalue weighted by atomic mass is 10.1. The van der Waals surface area contributed by atoms with E-state index in [4.69, 9.17) is 16.3 Å². The van der Waals surface area contributed by atoms with Crippen molar-refractivity contribution in [3.63, 3.8) is 0 Å². The highest BCUT2D eigenvalue weighted by molar-refractivity contribution is 6.35. The molecule has 0 saturated heterocycles. The van der Waals surface area contributed by atoms with Crippen LogP contribution in [-0.4, -0.2) is 23.0 Å². The van der Waals surface area contributed by atoms with Gasteiger partial charge in [0, 0.05) is 17.3 Å². The Kier molecular flexibility index (Phi) is 4.49. The summed E-state index contributed by atoms with van der Waals surface area (Å²) in [6.07, 6.45) is 1.39. The first-order valence-electron chi connectivity index (χ1n) is 8.55. The number of nitrogens with one attached hydrogen (secondary N) is 2. The molecule has 0 aliphatic carbocycles. The molecule has 0 aliphatic heterocycles. The van der Waals surface area contributed by atoms with Crippen LogP contribution in [0, 0.1) is 6.92 Å². The quantitative estimate of drug-likeness (QED) is 0.543. The molecule has 2 aromatic carbocycles. The average molecular weight is 394 g/mol. The number of hydrogen-bond donors (Lipinski definition) is 2. The molecule has 2 heterocycles. The van der Waals surface area contributed by atoms with E-state index >= 15 is 0 Å². The van der Waals surface area contributed by atoms with Gasteiger partial charge < -0.3 is 15.0 Å². The standard InChI is InChI=1S/C21H16ClN3O3/c1-11-9-16(12-5-3-7-15(22)18(12)24-11)25-21(27)14-10-23-19-13(20(14)26)6-4-8-17(19)28-2/h3-10H,1-2H3,(H,23,26)(H,24,25,27). The summed E-state index contributed by atoms with van der Waals surface area (Å²) in [5.41, 5.74) is 2.01. The molecule has 0 saturated carbocycles. The van der Waals surface area contributed by atoms with Crippen molar-refractivity contribution in [1.29, 1.82) is 0 Å². The summed E-state index contributed by atoms with van der Waals surface area (Å²) in [6, 6.07) is 12.2. The van der Waals surface area contributed by atoms with Gasteiger partial charge in [-0.3, -0.25) is 14.6 Å². The molecule has 2 aromatic heterocycles. The minimum absolute atomic E-state index is 0.00500. The highest BCUT2D eigenvalue weighted by atomic mass is 35.5. The van der Waals surface area contributed by atoms with E-state index in [9.17, 15) is 9.59 Å². The van der Waals surface area contributed by atoms with Crippen molar-refractivity contribution in [1.82, 2.24) is 9.97 Å². The minimum Gasteiger partial charge on any atom is -0.495 e. The highest BCUT2D eigenvalue weighted by Gasteiger charge is 2.16. The first kappa shape index (κ1) is 18.0. The van der Waals surface area contributed by atoms with Crippen LogP contribution >= 0.6 is 11.6 Å². The minimum atomic E-state index is -0.516. The Bertz CT molecular complexity index is 1300. The number of amides is 1. The molecule has 0 atom stereocenters. The van der Waals surface area contributed by atoms with Crippen molar-refractivity contribution in [2.45, 2.75) is 6.92 Å². The summed E-state index contributed by atoms with van der Waals surface area (Å²) in [6.45, 7) is 1.81. The number of aromatic nitrogens is 2. The number of halogens is 1. The average Bonchev–Trinajstić information content (AvgIpc) is 2.68. The zero-order valence-corrected chi connectivity index (χ0v) is 15.9. The first-order valence-corrected chi connectivity index (χ1v) is 8.93. The van der Waals surface area contributed by atoms with Crippen molar-refractivity contribution in [2.24, 2.45) is 0 Å². The number of nitrogens with zero attached hydrogens (tertiary/aromatic N) is 1. The molecule has 0 aliphatic rings. The van der Waals surface area contributed by atoms with E-state index in [1.807, 2.05) is 13.0 Å². The fourth-order valence-corrected chi connectivity index (χ4v) is 3.41. The number of carbonyl (C=O) groups excluding carboxylic acids is 1. The van der Waals surface area contributed by atoms with E-state index in [0.29, 0.717) is 44.0 Å². The van der Waals surface area contributed by atoms with Crippen LogP contribution in [0.15, 0.2) is 53.5 Å². The maximum Gasteiger partial charge on any atom is 0.261 e. The van der Waals surface area contributed by atoms with Gasteiger partial charge in [0.2, 0.25) is 5.43 Å². The number of para-hydroxylation sites is 2. The first-order chi connectivity index (χ1) is 13.5. The lowest BCUT2D eigenvalue weighted by Gasteiger charge is -2.11. The number of methoxy groups -OCH3 is 1. The summed E-state index contributed by atoms with van der Waals surface area (Å²) < 4.78 is 5.26. The van der Waals surface area contributed by atoms with Crippen LogP contribution in [0.25, 0.3) is 21.8 Å². The number of H-pyrrole nitrogens is 1. The van der Waals surface area contributed by atoms with E-state index in [2.05, 4.69) is 15.3 Å². The van der Waals surface area contributed by atoms with Gasteiger partial charge in [0.15, 0.2) is 0 Å². The number of aromatic amines is 1. The molecule has 7 heteroatoms. The van der Waals surface area contributed by atoms with Crippen LogP contribution in [0.3, 0.4) is 0 Å². The van der Waals surface area contributed by atoms with E-state index in [1.54, 1.807) is 36.4 Å². The number of ether oxygens (including phenoxy) is 1. The Morgan fingerprint density at radius 3 is 2.71 bits per heavy atom. The molecule has 6 nitrogen and oxygen atoms in total. The second-order valence-corrected chi connectivity index (χ2v) is 6.72. The van der Waals surface area contributed by atoms with Crippen LogP contribution in [0.4, 0.5) is 5.69 Å². The van der Waals surface area contributed by atoms with Gasteiger partial charge in [-0.05, 0) is 31.2 Å². The molecule has 4 aromatic rings. The zero-order chi connectivity index (χ0) is 19.8. The number of hydrogen-bond acceptors (Lipinski definition) is 4. The SMILES string of the molecule is COc1cccc2c(=O)c(C(=O)Nc3cc(C)nc4c(Cl)cccc34)c[nH]c12. The normalized spacial score (nSPS) is 11.0.